The molecule has 8 heteroatoms. The molecule has 246 valence electrons. The molecule has 44 heavy (non-hydrogen) atoms. The molecule has 2 bridgehead atoms. The van der Waals surface area contributed by atoms with Crippen molar-refractivity contribution in [3.8, 4) is 0 Å². The topological polar surface area (TPSA) is 85.4 Å². The van der Waals surface area contributed by atoms with Gasteiger partial charge < -0.3 is 14.2 Å². The molecule has 0 aromatic heterocycles. The highest BCUT2D eigenvalue weighted by Crippen LogP contribution is 2.74. The molecule has 6 rings (SSSR count). The monoisotopic (exact) mass is 612 g/mol. The smallest absolute Gasteiger partial charge is 0.429 e. The Morgan fingerprint density at radius 1 is 0.864 bits per heavy atom. The molecule has 4 aliphatic carbocycles. The van der Waals surface area contributed by atoms with E-state index in [1.165, 1.54) is 6.92 Å². The molecular weight excluding hydrogens is 556 g/mol. The fourth-order valence-corrected chi connectivity index (χ4v) is 10.6. The number of allylic oxidation sites excluding steroid dienone is 2. The van der Waals surface area contributed by atoms with E-state index in [1.54, 1.807) is 16.9 Å². The van der Waals surface area contributed by atoms with E-state index < -0.39 is 23.3 Å². The predicted octanol–water partition coefficient (Wildman–Crippen LogP) is 7.93. The molecule has 0 unspecified atom stereocenters. The van der Waals surface area contributed by atoms with Crippen LogP contribution in [-0.4, -0.2) is 58.6 Å². The molecule has 0 aromatic rings. The highest BCUT2D eigenvalue weighted by atomic mass is 16.6. The first kappa shape index (κ1) is 32.9. The van der Waals surface area contributed by atoms with Gasteiger partial charge in [0.2, 0.25) is 0 Å². The Morgan fingerprint density at radius 2 is 1.52 bits per heavy atom. The van der Waals surface area contributed by atoms with Gasteiger partial charge in [-0.15, -0.1) is 0 Å². The summed E-state index contributed by atoms with van der Waals surface area (Å²) in [7, 11) is 0. The van der Waals surface area contributed by atoms with E-state index >= 15 is 0 Å². The molecule has 2 aliphatic heterocycles. The van der Waals surface area contributed by atoms with E-state index in [0.29, 0.717) is 30.1 Å². The van der Waals surface area contributed by atoms with Crippen molar-refractivity contribution in [1.29, 1.82) is 0 Å². The van der Waals surface area contributed by atoms with Crippen molar-refractivity contribution < 1.29 is 28.6 Å². The van der Waals surface area contributed by atoms with E-state index in [2.05, 4.69) is 65.8 Å². The SMILES string of the molecule is CCOC(=O)N1N(C(=O)OCC)[C@@]23C=C[C@@]14[C@@H]1CC[C@H]([C@H](C)/C=C/[C@H](C)C(C)C)[C@@]1(C)CC[C@@H]4[C@@]2(C)CC[C@H](OC(C)=O)C3. The summed E-state index contributed by atoms with van der Waals surface area (Å²) in [6.45, 7) is 19.4. The Morgan fingerprint density at radius 3 is 2.14 bits per heavy atom. The maximum Gasteiger partial charge on any atom is 0.429 e. The van der Waals surface area contributed by atoms with Gasteiger partial charge in [-0.25, -0.2) is 19.6 Å². The maximum atomic E-state index is 14.3. The van der Waals surface area contributed by atoms with Gasteiger partial charge in [-0.3, -0.25) is 4.79 Å². The number of hydrazine groups is 1. The maximum absolute atomic E-state index is 14.3. The fourth-order valence-electron chi connectivity index (χ4n) is 10.6. The number of ether oxygens (including phenoxy) is 3. The van der Waals surface area contributed by atoms with Crippen LogP contribution in [0, 0.1) is 46.3 Å². The summed E-state index contributed by atoms with van der Waals surface area (Å²) in [5.74, 6) is 1.92. The lowest BCUT2D eigenvalue weighted by Crippen LogP contribution is -2.86. The first-order valence-electron chi connectivity index (χ1n) is 17.2. The zero-order valence-electron chi connectivity index (χ0n) is 28.6. The summed E-state index contributed by atoms with van der Waals surface area (Å²) in [6, 6.07) is 0. The minimum atomic E-state index is -0.883. The summed E-state index contributed by atoms with van der Waals surface area (Å²) < 4.78 is 17.3. The lowest BCUT2D eigenvalue weighted by Gasteiger charge is -2.76. The fraction of sp³-hybridized carbons (Fsp3) is 0.806. The van der Waals surface area contributed by atoms with Crippen molar-refractivity contribution in [2.45, 2.75) is 124 Å². The van der Waals surface area contributed by atoms with Gasteiger partial charge in [0.15, 0.2) is 0 Å². The Kier molecular flexibility index (Phi) is 8.73. The summed E-state index contributed by atoms with van der Waals surface area (Å²) in [5, 5.41) is 3.32. The number of carbonyl (C=O) groups excluding carboxylic acids is 3. The Labute approximate surface area is 264 Å². The molecule has 4 fully saturated rings. The highest BCUT2D eigenvalue weighted by molar-refractivity contribution is 5.79. The molecule has 10 atom stereocenters. The van der Waals surface area contributed by atoms with Crippen LogP contribution in [-0.2, 0) is 19.0 Å². The van der Waals surface area contributed by atoms with Crippen LogP contribution in [0.2, 0.25) is 0 Å². The molecule has 2 heterocycles. The number of fused-ring (bicyclic) bond motifs is 2. The van der Waals surface area contributed by atoms with Crippen LogP contribution in [0.5, 0.6) is 0 Å². The number of carbonyl (C=O) groups is 3. The second-order valence-electron chi connectivity index (χ2n) is 15.2. The number of esters is 1. The van der Waals surface area contributed by atoms with Crippen LogP contribution in [0.4, 0.5) is 9.59 Å². The van der Waals surface area contributed by atoms with Gasteiger partial charge in [0.25, 0.3) is 0 Å². The second kappa shape index (κ2) is 11.7. The largest absolute Gasteiger partial charge is 0.462 e. The zero-order chi connectivity index (χ0) is 32.2. The van der Waals surface area contributed by atoms with Gasteiger partial charge in [0, 0.05) is 18.8 Å². The molecule has 0 aromatic carbocycles. The number of hydrogen-bond donors (Lipinski definition) is 0. The van der Waals surface area contributed by atoms with Crippen LogP contribution in [0.15, 0.2) is 24.3 Å². The second-order valence-corrected chi connectivity index (χ2v) is 15.2. The first-order chi connectivity index (χ1) is 20.7. The molecule has 1 saturated heterocycles. The lowest BCUT2D eigenvalue weighted by atomic mass is 9.40. The van der Waals surface area contributed by atoms with Crippen LogP contribution in [0.1, 0.15) is 107 Å². The highest BCUT2D eigenvalue weighted by Gasteiger charge is 2.79. The third-order valence-electron chi connectivity index (χ3n) is 13.0. The van der Waals surface area contributed by atoms with Gasteiger partial charge in [0.05, 0.1) is 24.3 Å². The molecule has 0 radical (unpaired) electrons. The van der Waals surface area contributed by atoms with Gasteiger partial charge in [0.1, 0.15) is 6.10 Å². The predicted molar refractivity (Wildman–Crippen MR) is 169 cm³/mol. The van der Waals surface area contributed by atoms with Crippen LogP contribution in [0.25, 0.3) is 0 Å². The Balaban J connectivity index is 1.66. The summed E-state index contributed by atoms with van der Waals surface area (Å²) in [6.07, 6.45) is 13.9. The van der Waals surface area contributed by atoms with Crippen molar-refractivity contribution >= 4 is 18.2 Å². The number of nitrogens with zero attached hydrogens (tertiary/aromatic N) is 2. The molecule has 6 aliphatic rings. The van der Waals surface area contributed by atoms with Crippen molar-refractivity contribution in [3.63, 3.8) is 0 Å². The van der Waals surface area contributed by atoms with E-state index in [-0.39, 0.29) is 48.0 Å². The summed E-state index contributed by atoms with van der Waals surface area (Å²) >= 11 is 0. The van der Waals surface area contributed by atoms with Crippen molar-refractivity contribution in [2.24, 2.45) is 46.3 Å². The summed E-state index contributed by atoms with van der Waals surface area (Å²) in [4.78, 5) is 40.5. The van der Waals surface area contributed by atoms with E-state index in [9.17, 15) is 14.4 Å². The molecule has 8 nitrogen and oxygen atoms in total. The van der Waals surface area contributed by atoms with E-state index in [4.69, 9.17) is 14.2 Å². The van der Waals surface area contributed by atoms with Crippen molar-refractivity contribution in [1.82, 2.24) is 10.0 Å². The molecular formula is C36H56N2O6. The number of rotatable bonds is 7. The Hall–Kier alpha value is -2.51. The van der Waals surface area contributed by atoms with Gasteiger partial charge in [-0.1, -0.05) is 65.8 Å². The lowest BCUT2D eigenvalue weighted by molar-refractivity contribution is -0.288. The average Bonchev–Trinajstić information content (AvgIpc) is 3.32. The van der Waals surface area contributed by atoms with Crippen LogP contribution in [0.3, 0.4) is 0 Å². The molecule has 0 N–H and O–H groups in total. The normalized spacial score (nSPS) is 40.3. The van der Waals surface area contributed by atoms with Crippen molar-refractivity contribution in [3.05, 3.63) is 24.3 Å². The van der Waals surface area contributed by atoms with Gasteiger partial charge in [-0.2, -0.15) is 0 Å². The van der Waals surface area contributed by atoms with E-state index in [0.717, 1.165) is 38.5 Å². The third kappa shape index (κ3) is 4.62. The Bertz CT molecular complexity index is 1200. The molecule has 3 saturated carbocycles. The minimum Gasteiger partial charge on any atom is -0.462 e. The van der Waals surface area contributed by atoms with Gasteiger partial charge in [-0.05, 0) is 93.3 Å². The number of hydrogen-bond acceptors (Lipinski definition) is 6. The van der Waals surface area contributed by atoms with Crippen molar-refractivity contribution in [2.75, 3.05) is 13.2 Å². The molecule has 2 amide bonds. The van der Waals surface area contributed by atoms with E-state index in [1.807, 2.05) is 6.92 Å². The average molecular weight is 613 g/mol. The number of amides is 2. The molecule has 2 spiro atoms. The first-order valence-corrected chi connectivity index (χ1v) is 17.2. The van der Waals surface area contributed by atoms with Gasteiger partial charge >= 0.3 is 18.2 Å². The van der Waals surface area contributed by atoms with Crippen LogP contribution < -0.4 is 0 Å². The zero-order valence-corrected chi connectivity index (χ0v) is 28.6. The quantitative estimate of drug-likeness (QED) is 0.165. The standard InChI is InChI=1S/C36H56N2O6/c1-10-42-31(40)37-35-20-21-36(38(37)32(41)43-11-2)29-15-14-28(25(6)13-12-24(5)23(3)4)33(29,8)18-17-30(36)34(35,9)19-16-27(22-35)44-26(7)39/h12-13,20-21,23-25,27-30H,10-11,14-19,22H2,1-9H3/b13-12+/t24-,25+,27-,28+,29+,30+,33+,34+,35+,36-/m0/s1. The summed E-state index contributed by atoms with van der Waals surface area (Å²) in [5.41, 5.74) is -1.98. The third-order valence-corrected chi connectivity index (χ3v) is 13.0. The van der Waals surface area contributed by atoms with Crippen LogP contribution >= 0.6 is 0 Å². The minimum absolute atomic E-state index is 0.0284.